The Bertz CT molecular complexity index is 101. The van der Waals surface area contributed by atoms with Gasteiger partial charge in [-0.3, -0.25) is 4.57 Å². The second-order valence-electron chi connectivity index (χ2n) is 2.89. The molecule has 0 aliphatic carbocycles. The van der Waals surface area contributed by atoms with Crippen molar-refractivity contribution in [2.24, 2.45) is 0 Å². The van der Waals surface area contributed by atoms with E-state index in [1.54, 1.807) is 0 Å². The molecular weight excluding hydrogens is 218 g/mol. The van der Waals surface area contributed by atoms with Gasteiger partial charge in [-0.25, -0.2) is 0 Å². The minimum atomic E-state index is -1.01. The summed E-state index contributed by atoms with van der Waals surface area (Å²) < 4.78 is 15.0. The summed E-state index contributed by atoms with van der Waals surface area (Å²) in [5.74, 6) is 0. The Hall–Kier alpha value is 0.684. The van der Waals surface area contributed by atoms with E-state index in [0.717, 1.165) is 6.42 Å². The molecule has 0 aliphatic heterocycles. The predicted molar refractivity (Wildman–Crippen MR) is 49.7 cm³/mol. The van der Waals surface area contributed by atoms with Gasteiger partial charge in [0.05, 0.1) is 6.10 Å². The summed E-state index contributed by atoms with van der Waals surface area (Å²) in [6.45, 7) is 4.18. The van der Waals surface area contributed by atoms with Crippen molar-refractivity contribution < 1.29 is 25.6 Å². The van der Waals surface area contributed by atoms with Crippen LogP contribution in [0.4, 0.5) is 0 Å². The maximum absolute atomic E-state index is 10.1. The molecule has 0 heterocycles. The molecular formula is C8H19NiO2P. The molecule has 0 aromatic rings. The van der Waals surface area contributed by atoms with E-state index in [1.807, 2.05) is 6.92 Å². The van der Waals surface area contributed by atoms with E-state index >= 15 is 0 Å². The third-order valence-corrected chi connectivity index (χ3v) is 2.33. The van der Waals surface area contributed by atoms with Crippen LogP contribution in [0.2, 0.25) is 0 Å². The molecule has 2 nitrogen and oxygen atoms in total. The van der Waals surface area contributed by atoms with Crippen LogP contribution in [0.5, 0.6) is 0 Å². The fourth-order valence-electron chi connectivity index (χ4n) is 1.02. The zero-order chi connectivity index (χ0) is 8.53. The van der Waals surface area contributed by atoms with Gasteiger partial charge in [0.25, 0.3) is 0 Å². The second kappa shape index (κ2) is 11.7. The summed E-state index contributed by atoms with van der Waals surface area (Å²) >= 11 is 0. The van der Waals surface area contributed by atoms with E-state index in [2.05, 4.69) is 6.92 Å². The molecule has 0 bridgehead atoms. The van der Waals surface area contributed by atoms with E-state index in [1.165, 1.54) is 25.7 Å². The topological polar surface area (TPSA) is 26.3 Å². The van der Waals surface area contributed by atoms with Gasteiger partial charge in [-0.05, 0) is 13.3 Å². The Morgan fingerprint density at radius 3 is 2.50 bits per heavy atom. The van der Waals surface area contributed by atoms with Crippen LogP contribution in [0.15, 0.2) is 0 Å². The van der Waals surface area contributed by atoms with Gasteiger partial charge in [0.1, 0.15) is 0 Å². The molecule has 0 saturated heterocycles. The van der Waals surface area contributed by atoms with Gasteiger partial charge >= 0.3 is 0 Å². The molecule has 0 spiro atoms. The van der Waals surface area contributed by atoms with Crippen molar-refractivity contribution in [2.45, 2.75) is 52.1 Å². The first-order valence-corrected chi connectivity index (χ1v) is 5.34. The van der Waals surface area contributed by atoms with E-state index in [9.17, 15) is 4.57 Å². The summed E-state index contributed by atoms with van der Waals surface area (Å²) in [6.07, 6.45) is 6.29. The van der Waals surface area contributed by atoms with Gasteiger partial charge in [-0.2, -0.15) is 0 Å². The molecule has 0 amide bonds. The number of rotatable bonds is 7. The minimum Gasteiger partial charge on any atom is -0.329 e. The molecule has 0 saturated carbocycles. The Labute approximate surface area is 86.7 Å². The van der Waals surface area contributed by atoms with E-state index in [4.69, 9.17) is 4.52 Å². The zero-order valence-corrected chi connectivity index (χ0v) is 9.97. The quantitative estimate of drug-likeness (QED) is 0.386. The van der Waals surface area contributed by atoms with Crippen LogP contribution in [0, 0.1) is 0 Å². The third-order valence-electron chi connectivity index (χ3n) is 1.75. The van der Waals surface area contributed by atoms with Gasteiger partial charge < -0.3 is 4.52 Å². The predicted octanol–water partition coefficient (Wildman–Crippen LogP) is 3.03. The van der Waals surface area contributed by atoms with Crippen molar-refractivity contribution in [1.82, 2.24) is 0 Å². The van der Waals surface area contributed by atoms with Gasteiger partial charge in [0, 0.05) is 16.5 Å². The first kappa shape index (κ1) is 15.2. The molecule has 0 radical (unpaired) electrons. The molecule has 0 aromatic heterocycles. The van der Waals surface area contributed by atoms with Gasteiger partial charge in [0.2, 0.25) is 0 Å². The summed E-state index contributed by atoms with van der Waals surface area (Å²) in [5, 5.41) is 0. The molecule has 0 fully saturated rings. The molecule has 2 unspecified atom stereocenters. The van der Waals surface area contributed by atoms with Crippen molar-refractivity contribution in [3.63, 3.8) is 0 Å². The molecule has 78 valence electrons. The summed E-state index contributed by atoms with van der Waals surface area (Å²) in [7, 11) is -1.01. The fraction of sp³-hybridized carbons (Fsp3) is 1.00. The average molecular weight is 237 g/mol. The van der Waals surface area contributed by atoms with Crippen molar-refractivity contribution in [1.29, 1.82) is 0 Å². The van der Waals surface area contributed by atoms with Crippen LogP contribution < -0.4 is 0 Å². The number of unbranched alkanes of at least 4 members (excludes halogenated alkanes) is 3. The molecule has 2 atom stereocenters. The largest absolute Gasteiger partial charge is 0.329 e. The zero-order valence-electron chi connectivity index (χ0n) is 7.82. The van der Waals surface area contributed by atoms with Crippen molar-refractivity contribution >= 4 is 8.69 Å². The average Bonchev–Trinajstić information content (AvgIpc) is 1.99. The standard InChI is InChI=1S/C8H19O2P.Ni/c1-3-4-5-6-7-8(2)10-11-9;/h8H,3-7,11H2,1-2H3;. The summed E-state index contributed by atoms with van der Waals surface area (Å²) in [4.78, 5) is 0. The first-order valence-electron chi connectivity index (χ1n) is 4.40. The Morgan fingerprint density at radius 1 is 1.33 bits per heavy atom. The van der Waals surface area contributed by atoms with Crippen molar-refractivity contribution in [2.75, 3.05) is 0 Å². The maximum atomic E-state index is 10.1. The molecule has 0 rings (SSSR count). The van der Waals surface area contributed by atoms with Crippen molar-refractivity contribution in [3.8, 4) is 0 Å². The normalized spacial score (nSPS) is 13.2. The van der Waals surface area contributed by atoms with Gasteiger partial charge in [0.15, 0.2) is 8.69 Å². The van der Waals surface area contributed by atoms with Crippen LogP contribution in [-0.4, -0.2) is 6.10 Å². The molecule has 0 aliphatic rings. The maximum Gasteiger partial charge on any atom is 0.180 e. The Balaban J connectivity index is 0. The first-order chi connectivity index (χ1) is 5.31. The van der Waals surface area contributed by atoms with E-state index in [0.29, 0.717) is 0 Å². The monoisotopic (exact) mass is 236 g/mol. The van der Waals surface area contributed by atoms with Crippen molar-refractivity contribution in [3.05, 3.63) is 0 Å². The SMILES string of the molecule is CCCCCCC(C)O[PH2]=O.[Ni]. The van der Waals surface area contributed by atoms with Crippen LogP contribution in [0.1, 0.15) is 46.0 Å². The van der Waals surface area contributed by atoms with Crippen LogP contribution in [0.25, 0.3) is 0 Å². The van der Waals surface area contributed by atoms with E-state index in [-0.39, 0.29) is 22.6 Å². The fourth-order valence-corrected chi connectivity index (χ4v) is 1.35. The second-order valence-corrected chi connectivity index (χ2v) is 3.36. The molecule has 0 N–H and O–H groups in total. The Kier molecular flexibility index (Phi) is 14.8. The smallest absolute Gasteiger partial charge is 0.180 e. The van der Waals surface area contributed by atoms with E-state index < -0.39 is 8.69 Å². The third kappa shape index (κ3) is 10.7. The Morgan fingerprint density at radius 2 is 2.00 bits per heavy atom. The van der Waals surface area contributed by atoms with Gasteiger partial charge in [-0.15, -0.1) is 0 Å². The molecule has 4 heteroatoms. The van der Waals surface area contributed by atoms with Crippen LogP contribution >= 0.6 is 8.69 Å². The van der Waals surface area contributed by atoms with Gasteiger partial charge in [-0.1, -0.05) is 32.6 Å². The van der Waals surface area contributed by atoms with Crippen LogP contribution in [-0.2, 0) is 25.6 Å². The summed E-state index contributed by atoms with van der Waals surface area (Å²) in [6, 6.07) is 0. The molecule has 0 aromatic carbocycles. The summed E-state index contributed by atoms with van der Waals surface area (Å²) in [5.41, 5.74) is 0. The number of hydrogen-bond acceptors (Lipinski definition) is 2. The van der Waals surface area contributed by atoms with Crippen LogP contribution in [0.3, 0.4) is 0 Å². The molecule has 12 heavy (non-hydrogen) atoms. The number of hydrogen-bond donors (Lipinski definition) is 0. The minimum absolute atomic E-state index is 0.